The van der Waals surface area contributed by atoms with E-state index < -0.39 is 0 Å². The molecule has 0 aliphatic rings. The summed E-state index contributed by atoms with van der Waals surface area (Å²) in [5.41, 5.74) is 4.38. The third-order valence-corrected chi connectivity index (χ3v) is 4.03. The van der Waals surface area contributed by atoms with E-state index in [2.05, 4.69) is 51.3 Å². The van der Waals surface area contributed by atoms with E-state index in [0.29, 0.717) is 31.7 Å². The van der Waals surface area contributed by atoms with Crippen molar-refractivity contribution in [1.29, 1.82) is 0 Å². The number of benzene rings is 1. The number of para-hydroxylation sites is 1. The van der Waals surface area contributed by atoms with Gasteiger partial charge >= 0.3 is 5.97 Å². The third-order valence-electron chi connectivity index (χ3n) is 3.85. The average Bonchev–Trinajstić information content (AvgIpc) is 2.59. The number of nitrogens with one attached hydrogen (secondary N) is 2. The molecular formula is C18H23ClN4O2. The van der Waals surface area contributed by atoms with Gasteiger partial charge < -0.3 is 15.4 Å². The maximum Gasteiger partial charge on any atom is 0.305 e. The maximum atomic E-state index is 11.2. The van der Waals surface area contributed by atoms with Gasteiger partial charge in [0.25, 0.3) is 0 Å². The predicted octanol–water partition coefficient (Wildman–Crippen LogP) is 3.72. The van der Waals surface area contributed by atoms with Gasteiger partial charge in [0.1, 0.15) is 5.82 Å². The van der Waals surface area contributed by atoms with Gasteiger partial charge in [-0.2, -0.15) is 0 Å². The SMILES string of the molecule is COC(=O)CCCNc1nc(Cl)ncc1CNc1c(C)cccc1C. The Morgan fingerprint density at radius 2 is 1.96 bits per heavy atom. The minimum absolute atomic E-state index is 0.186. The number of carbonyl (C=O) groups excluding carboxylic acids is 1. The van der Waals surface area contributed by atoms with Crippen molar-refractivity contribution in [3.05, 3.63) is 46.4 Å². The van der Waals surface area contributed by atoms with Crippen LogP contribution < -0.4 is 10.6 Å². The number of methoxy groups -OCH3 is 1. The van der Waals surface area contributed by atoms with E-state index in [0.717, 1.165) is 11.3 Å². The second-order valence-electron chi connectivity index (χ2n) is 5.74. The van der Waals surface area contributed by atoms with E-state index in [-0.39, 0.29) is 11.3 Å². The van der Waals surface area contributed by atoms with Crippen LogP contribution in [0.4, 0.5) is 11.5 Å². The summed E-state index contributed by atoms with van der Waals surface area (Å²) in [5.74, 6) is 0.447. The lowest BCUT2D eigenvalue weighted by Crippen LogP contribution is -2.12. The van der Waals surface area contributed by atoms with Crippen molar-refractivity contribution in [2.75, 3.05) is 24.3 Å². The molecule has 0 bridgehead atoms. The zero-order valence-electron chi connectivity index (χ0n) is 14.7. The van der Waals surface area contributed by atoms with Crippen molar-refractivity contribution in [1.82, 2.24) is 9.97 Å². The van der Waals surface area contributed by atoms with Crippen molar-refractivity contribution in [2.24, 2.45) is 0 Å². The van der Waals surface area contributed by atoms with Crippen molar-refractivity contribution < 1.29 is 9.53 Å². The molecular weight excluding hydrogens is 340 g/mol. The summed E-state index contributed by atoms with van der Waals surface area (Å²) >= 11 is 5.91. The van der Waals surface area contributed by atoms with Crippen LogP contribution in [0.15, 0.2) is 24.4 Å². The quantitative estimate of drug-likeness (QED) is 0.423. The maximum absolute atomic E-state index is 11.2. The Kier molecular flexibility index (Phi) is 7.01. The van der Waals surface area contributed by atoms with E-state index >= 15 is 0 Å². The topological polar surface area (TPSA) is 76.1 Å². The van der Waals surface area contributed by atoms with Crippen LogP contribution in [0.2, 0.25) is 5.28 Å². The van der Waals surface area contributed by atoms with Crippen LogP contribution >= 0.6 is 11.6 Å². The molecule has 1 heterocycles. The number of rotatable bonds is 8. The average molecular weight is 363 g/mol. The minimum Gasteiger partial charge on any atom is -0.469 e. The lowest BCUT2D eigenvalue weighted by Gasteiger charge is -2.15. The standard InChI is InChI=1S/C18H23ClN4O2/c1-12-6-4-7-13(2)16(12)21-10-14-11-22-18(19)23-17(14)20-9-5-8-15(24)25-3/h4,6-7,11,21H,5,8-10H2,1-3H3,(H,20,22,23). The van der Waals surface area contributed by atoms with E-state index in [4.69, 9.17) is 11.6 Å². The Morgan fingerprint density at radius 3 is 2.64 bits per heavy atom. The fourth-order valence-electron chi connectivity index (χ4n) is 2.49. The fourth-order valence-corrected chi connectivity index (χ4v) is 2.62. The first-order chi connectivity index (χ1) is 12.0. The molecule has 0 unspecified atom stereocenters. The molecule has 0 saturated heterocycles. The Bertz CT molecular complexity index is 717. The summed E-state index contributed by atoms with van der Waals surface area (Å²) in [6.07, 6.45) is 2.72. The first-order valence-electron chi connectivity index (χ1n) is 8.13. The lowest BCUT2D eigenvalue weighted by atomic mass is 10.1. The van der Waals surface area contributed by atoms with Crippen LogP contribution in [0.1, 0.15) is 29.5 Å². The van der Waals surface area contributed by atoms with Crippen LogP contribution in [0.25, 0.3) is 0 Å². The molecule has 0 saturated carbocycles. The zero-order chi connectivity index (χ0) is 18.2. The van der Waals surface area contributed by atoms with Crippen molar-refractivity contribution >= 4 is 29.1 Å². The number of anilines is 2. The molecule has 6 nitrogen and oxygen atoms in total. The number of hydrogen-bond donors (Lipinski definition) is 2. The highest BCUT2D eigenvalue weighted by molar-refractivity contribution is 6.28. The Labute approximate surface area is 153 Å². The monoisotopic (exact) mass is 362 g/mol. The number of nitrogens with zero attached hydrogens (tertiary/aromatic N) is 2. The van der Waals surface area contributed by atoms with Gasteiger partial charge in [-0.1, -0.05) is 18.2 Å². The van der Waals surface area contributed by atoms with Crippen molar-refractivity contribution in [3.8, 4) is 0 Å². The summed E-state index contributed by atoms with van der Waals surface area (Å²) in [7, 11) is 1.39. The predicted molar refractivity (Wildman–Crippen MR) is 100 cm³/mol. The molecule has 1 aromatic carbocycles. The second kappa shape index (κ2) is 9.22. The smallest absolute Gasteiger partial charge is 0.305 e. The highest BCUT2D eigenvalue weighted by Gasteiger charge is 2.09. The van der Waals surface area contributed by atoms with Gasteiger partial charge in [-0.3, -0.25) is 4.79 Å². The summed E-state index contributed by atoms with van der Waals surface area (Å²) in [6, 6.07) is 6.18. The van der Waals surface area contributed by atoms with Gasteiger partial charge in [0.15, 0.2) is 0 Å². The number of halogens is 1. The molecule has 2 N–H and O–H groups in total. The molecule has 7 heteroatoms. The molecule has 0 spiro atoms. The van der Waals surface area contributed by atoms with E-state index in [1.807, 2.05) is 6.07 Å². The van der Waals surface area contributed by atoms with Gasteiger partial charge in [-0.25, -0.2) is 9.97 Å². The molecule has 1 aromatic heterocycles. The van der Waals surface area contributed by atoms with E-state index in [1.54, 1.807) is 6.20 Å². The molecule has 0 amide bonds. The number of aromatic nitrogens is 2. The molecule has 25 heavy (non-hydrogen) atoms. The van der Waals surface area contributed by atoms with E-state index in [9.17, 15) is 4.79 Å². The highest BCUT2D eigenvalue weighted by atomic mass is 35.5. The van der Waals surface area contributed by atoms with Crippen LogP contribution in [-0.2, 0) is 16.1 Å². The molecule has 2 rings (SSSR count). The molecule has 0 radical (unpaired) electrons. The number of hydrogen-bond acceptors (Lipinski definition) is 6. The Morgan fingerprint density at radius 1 is 1.24 bits per heavy atom. The lowest BCUT2D eigenvalue weighted by molar-refractivity contribution is -0.140. The third kappa shape index (κ3) is 5.60. The van der Waals surface area contributed by atoms with Crippen molar-refractivity contribution in [2.45, 2.75) is 33.2 Å². The van der Waals surface area contributed by atoms with Crippen LogP contribution in [0.3, 0.4) is 0 Å². The summed E-state index contributed by atoms with van der Waals surface area (Å²) in [6.45, 7) is 5.31. The van der Waals surface area contributed by atoms with Crippen LogP contribution in [-0.4, -0.2) is 29.6 Å². The molecule has 0 atom stereocenters. The van der Waals surface area contributed by atoms with E-state index in [1.165, 1.54) is 18.2 Å². The van der Waals surface area contributed by atoms with Crippen LogP contribution in [0.5, 0.6) is 0 Å². The van der Waals surface area contributed by atoms with Gasteiger partial charge in [-0.05, 0) is 43.0 Å². The first kappa shape index (κ1) is 19.0. The number of carbonyl (C=O) groups is 1. The molecule has 0 fully saturated rings. The molecule has 0 aliphatic carbocycles. The number of ether oxygens (including phenoxy) is 1. The Hall–Kier alpha value is -2.34. The normalized spacial score (nSPS) is 10.4. The minimum atomic E-state index is -0.223. The second-order valence-corrected chi connectivity index (χ2v) is 6.08. The van der Waals surface area contributed by atoms with Gasteiger partial charge in [0, 0.05) is 37.0 Å². The number of aryl methyl sites for hydroxylation is 2. The largest absolute Gasteiger partial charge is 0.469 e. The van der Waals surface area contributed by atoms with Crippen LogP contribution in [0, 0.1) is 13.8 Å². The summed E-state index contributed by atoms with van der Waals surface area (Å²) < 4.78 is 4.63. The van der Waals surface area contributed by atoms with Gasteiger partial charge in [0.05, 0.1) is 7.11 Å². The zero-order valence-corrected chi connectivity index (χ0v) is 15.5. The summed E-state index contributed by atoms with van der Waals surface area (Å²) in [4.78, 5) is 19.5. The highest BCUT2D eigenvalue weighted by Crippen LogP contribution is 2.22. The van der Waals surface area contributed by atoms with Crippen molar-refractivity contribution in [3.63, 3.8) is 0 Å². The van der Waals surface area contributed by atoms with Gasteiger partial charge in [-0.15, -0.1) is 0 Å². The van der Waals surface area contributed by atoms with Gasteiger partial charge in [0.2, 0.25) is 5.28 Å². The Balaban J connectivity index is 2.01. The first-order valence-corrected chi connectivity index (χ1v) is 8.51. The molecule has 134 valence electrons. The fraction of sp³-hybridized carbons (Fsp3) is 0.389. The summed E-state index contributed by atoms with van der Waals surface area (Å²) in [5, 5.41) is 6.84. The number of esters is 1. The molecule has 2 aromatic rings. The molecule has 0 aliphatic heterocycles.